The SMILES string of the molecule is CCOC(=O)CC1CCN(c2ccc(CCC(=O)c3cccc(C)c3-c3ccc(C(F)(F)F)cc3)cn2)CC1. The van der Waals surface area contributed by atoms with Crippen LogP contribution in [0.5, 0.6) is 0 Å². The molecule has 0 radical (unpaired) electrons. The van der Waals surface area contributed by atoms with E-state index in [0.717, 1.165) is 55.0 Å². The van der Waals surface area contributed by atoms with E-state index in [1.807, 2.05) is 32.0 Å². The van der Waals surface area contributed by atoms with Crippen molar-refractivity contribution >= 4 is 17.6 Å². The molecule has 0 amide bonds. The number of alkyl halides is 3. The predicted molar refractivity (Wildman–Crippen MR) is 145 cm³/mol. The molecule has 0 saturated carbocycles. The summed E-state index contributed by atoms with van der Waals surface area (Å²) >= 11 is 0. The number of aryl methyl sites for hydroxylation is 2. The van der Waals surface area contributed by atoms with Gasteiger partial charge in [0.25, 0.3) is 0 Å². The lowest BCUT2D eigenvalue weighted by Gasteiger charge is -2.32. The van der Waals surface area contributed by atoms with E-state index in [1.165, 1.54) is 12.1 Å². The number of halogens is 3. The minimum atomic E-state index is -4.41. The highest BCUT2D eigenvalue weighted by molar-refractivity contribution is 6.03. The monoisotopic (exact) mass is 538 g/mol. The number of ketones is 1. The average Bonchev–Trinajstić information content (AvgIpc) is 2.92. The Kier molecular flexibility index (Phi) is 9.04. The molecule has 0 unspecified atom stereocenters. The highest BCUT2D eigenvalue weighted by Crippen LogP contribution is 2.33. The molecule has 0 bridgehead atoms. The van der Waals surface area contributed by atoms with Crippen LogP contribution in [0.15, 0.2) is 60.8 Å². The van der Waals surface area contributed by atoms with Gasteiger partial charge in [-0.25, -0.2) is 4.98 Å². The Morgan fingerprint density at radius 1 is 1.03 bits per heavy atom. The summed E-state index contributed by atoms with van der Waals surface area (Å²) in [5.74, 6) is 1.01. The number of ether oxygens (including phenoxy) is 1. The minimum Gasteiger partial charge on any atom is -0.466 e. The number of hydrogen-bond donors (Lipinski definition) is 0. The van der Waals surface area contributed by atoms with Gasteiger partial charge in [-0.3, -0.25) is 9.59 Å². The van der Waals surface area contributed by atoms with Crippen molar-refractivity contribution in [1.82, 2.24) is 4.98 Å². The molecule has 5 nitrogen and oxygen atoms in total. The first-order valence-corrected chi connectivity index (χ1v) is 13.3. The summed E-state index contributed by atoms with van der Waals surface area (Å²) in [6.07, 6.45) is 0.436. The summed E-state index contributed by atoms with van der Waals surface area (Å²) < 4.78 is 44.1. The third-order valence-electron chi connectivity index (χ3n) is 7.22. The maximum Gasteiger partial charge on any atom is 0.416 e. The summed E-state index contributed by atoms with van der Waals surface area (Å²) in [6, 6.07) is 14.3. The molecule has 1 fully saturated rings. The Labute approximate surface area is 227 Å². The van der Waals surface area contributed by atoms with Crippen LogP contribution in [0, 0.1) is 12.8 Å². The van der Waals surface area contributed by atoms with Gasteiger partial charge >= 0.3 is 12.1 Å². The number of anilines is 1. The molecule has 206 valence electrons. The first kappa shape index (κ1) is 28.3. The largest absolute Gasteiger partial charge is 0.466 e. The number of carbonyl (C=O) groups excluding carboxylic acids is 2. The Hall–Kier alpha value is -3.68. The number of carbonyl (C=O) groups is 2. The van der Waals surface area contributed by atoms with Crippen molar-refractivity contribution in [1.29, 1.82) is 0 Å². The van der Waals surface area contributed by atoms with E-state index in [2.05, 4.69) is 9.88 Å². The van der Waals surface area contributed by atoms with Crippen LogP contribution < -0.4 is 4.90 Å². The molecule has 0 spiro atoms. The van der Waals surface area contributed by atoms with Crippen molar-refractivity contribution in [2.45, 2.75) is 52.1 Å². The van der Waals surface area contributed by atoms with E-state index >= 15 is 0 Å². The fraction of sp³-hybridized carbons (Fsp3) is 0.387. The van der Waals surface area contributed by atoms with E-state index in [1.54, 1.807) is 18.3 Å². The molecule has 1 aliphatic rings. The Morgan fingerprint density at radius 3 is 2.36 bits per heavy atom. The van der Waals surface area contributed by atoms with Crippen molar-refractivity contribution in [3.8, 4) is 11.1 Å². The number of aromatic nitrogens is 1. The third-order valence-corrected chi connectivity index (χ3v) is 7.22. The van der Waals surface area contributed by atoms with Crippen LogP contribution in [0.3, 0.4) is 0 Å². The second-order valence-corrected chi connectivity index (χ2v) is 9.96. The smallest absolute Gasteiger partial charge is 0.416 e. The zero-order valence-electron chi connectivity index (χ0n) is 22.3. The van der Waals surface area contributed by atoms with Gasteiger partial charge in [-0.05, 0) is 79.5 Å². The van der Waals surface area contributed by atoms with Gasteiger partial charge in [0, 0.05) is 37.7 Å². The number of rotatable bonds is 9. The molecule has 4 rings (SSSR count). The Balaban J connectivity index is 1.36. The summed E-state index contributed by atoms with van der Waals surface area (Å²) in [4.78, 5) is 31.8. The molecule has 0 aliphatic carbocycles. The van der Waals surface area contributed by atoms with E-state index in [-0.39, 0.29) is 18.2 Å². The van der Waals surface area contributed by atoms with Crippen LogP contribution in [0.25, 0.3) is 11.1 Å². The standard InChI is InChI=1S/C31H33F3N2O3/c1-3-39-29(38)19-22-15-17-36(18-16-22)28-14-8-23(20-35-28)7-13-27(37)26-6-4-5-21(2)30(26)24-9-11-25(12-10-24)31(32,33)34/h4-6,8-12,14,20,22H,3,7,13,15-19H2,1-2H3. The van der Waals surface area contributed by atoms with Crippen molar-refractivity contribution in [3.63, 3.8) is 0 Å². The lowest BCUT2D eigenvalue weighted by atomic mass is 9.90. The van der Waals surface area contributed by atoms with E-state index in [9.17, 15) is 22.8 Å². The fourth-order valence-corrected chi connectivity index (χ4v) is 5.08. The molecule has 2 heterocycles. The lowest BCUT2D eigenvalue weighted by molar-refractivity contribution is -0.144. The van der Waals surface area contributed by atoms with Gasteiger partial charge in [0.2, 0.25) is 0 Å². The first-order valence-electron chi connectivity index (χ1n) is 13.3. The number of esters is 1. The lowest BCUT2D eigenvalue weighted by Crippen LogP contribution is -2.35. The van der Waals surface area contributed by atoms with Gasteiger partial charge in [0.05, 0.1) is 12.2 Å². The summed E-state index contributed by atoms with van der Waals surface area (Å²) in [5.41, 5.74) is 2.80. The highest BCUT2D eigenvalue weighted by atomic mass is 19.4. The molecule has 1 aromatic heterocycles. The molecule has 1 saturated heterocycles. The van der Waals surface area contributed by atoms with Crippen LogP contribution in [-0.4, -0.2) is 36.4 Å². The molecule has 0 atom stereocenters. The molecular formula is C31H33F3N2O3. The van der Waals surface area contributed by atoms with Crippen molar-refractivity contribution in [2.24, 2.45) is 5.92 Å². The summed E-state index contributed by atoms with van der Waals surface area (Å²) in [7, 11) is 0. The normalized spacial score (nSPS) is 14.3. The van der Waals surface area contributed by atoms with E-state index < -0.39 is 11.7 Å². The zero-order valence-corrected chi connectivity index (χ0v) is 22.3. The van der Waals surface area contributed by atoms with Gasteiger partial charge in [-0.2, -0.15) is 13.2 Å². The zero-order chi connectivity index (χ0) is 28.0. The number of nitrogens with zero attached hydrogens (tertiary/aromatic N) is 2. The van der Waals surface area contributed by atoms with E-state index in [4.69, 9.17) is 4.74 Å². The molecule has 3 aromatic rings. The van der Waals surface area contributed by atoms with Crippen LogP contribution >= 0.6 is 0 Å². The second kappa shape index (κ2) is 12.5. The Bertz CT molecular complexity index is 1280. The van der Waals surface area contributed by atoms with Crippen molar-refractivity contribution < 1.29 is 27.5 Å². The first-order chi connectivity index (χ1) is 18.7. The number of hydrogen-bond acceptors (Lipinski definition) is 5. The van der Waals surface area contributed by atoms with Crippen LogP contribution in [0.4, 0.5) is 19.0 Å². The topological polar surface area (TPSA) is 59.5 Å². The van der Waals surface area contributed by atoms with Gasteiger partial charge in [-0.15, -0.1) is 0 Å². The van der Waals surface area contributed by atoms with Crippen LogP contribution in [0.2, 0.25) is 0 Å². The minimum absolute atomic E-state index is 0.0682. The fourth-order valence-electron chi connectivity index (χ4n) is 5.08. The third kappa shape index (κ3) is 7.25. The van der Waals surface area contributed by atoms with Crippen molar-refractivity contribution in [2.75, 3.05) is 24.6 Å². The van der Waals surface area contributed by atoms with E-state index in [0.29, 0.717) is 42.1 Å². The molecule has 39 heavy (non-hydrogen) atoms. The molecule has 1 aliphatic heterocycles. The quantitative estimate of drug-likeness (QED) is 0.216. The van der Waals surface area contributed by atoms with Crippen LogP contribution in [0.1, 0.15) is 59.7 Å². The summed E-state index contributed by atoms with van der Waals surface area (Å²) in [5, 5.41) is 0. The maximum atomic E-state index is 13.2. The molecule has 2 aromatic carbocycles. The number of pyridine rings is 1. The number of piperidine rings is 1. The summed E-state index contributed by atoms with van der Waals surface area (Å²) in [6.45, 7) is 5.73. The molecule has 8 heteroatoms. The number of Topliss-reactive ketones (excluding diaryl/α,β-unsaturated/α-hetero) is 1. The molecular weight excluding hydrogens is 505 g/mol. The maximum absolute atomic E-state index is 13.2. The van der Waals surface area contributed by atoms with Gasteiger partial charge in [0.1, 0.15) is 5.82 Å². The Morgan fingerprint density at radius 2 is 1.74 bits per heavy atom. The highest BCUT2D eigenvalue weighted by Gasteiger charge is 2.30. The number of benzene rings is 2. The average molecular weight is 539 g/mol. The molecule has 0 N–H and O–H groups in total. The second-order valence-electron chi connectivity index (χ2n) is 9.96. The van der Waals surface area contributed by atoms with Gasteiger partial charge < -0.3 is 9.64 Å². The predicted octanol–water partition coefficient (Wildman–Crippen LogP) is 7.06. The van der Waals surface area contributed by atoms with Gasteiger partial charge in [0.15, 0.2) is 5.78 Å². The van der Waals surface area contributed by atoms with Crippen molar-refractivity contribution in [3.05, 3.63) is 83.0 Å². The van der Waals surface area contributed by atoms with Gasteiger partial charge in [-0.1, -0.05) is 36.4 Å². The van der Waals surface area contributed by atoms with Crippen LogP contribution in [-0.2, 0) is 22.1 Å².